The monoisotopic (exact) mass is 248 g/mol. The lowest BCUT2D eigenvalue weighted by Crippen LogP contribution is -2.03. The second kappa shape index (κ2) is 3.83. The van der Waals surface area contributed by atoms with Crippen LogP contribution in [0.4, 0.5) is 8.78 Å². The maximum Gasteiger partial charge on any atom is 0.140 e. The summed E-state index contributed by atoms with van der Waals surface area (Å²) in [5, 5.41) is 3.32. The van der Waals surface area contributed by atoms with E-state index in [1.807, 2.05) is 0 Å². The van der Waals surface area contributed by atoms with E-state index in [1.165, 1.54) is 6.07 Å². The standard InChI is InChI=1S/C8H7BrF2N2/c1-4(13-12)5-2-6(9)8(11)3-7(5)10/h2-3H,12H2,1H3/b13-4+. The molecule has 1 aromatic rings. The number of hydrogen-bond acceptors (Lipinski definition) is 2. The summed E-state index contributed by atoms with van der Waals surface area (Å²) in [5.41, 5.74) is 0.508. The van der Waals surface area contributed by atoms with Crippen LogP contribution in [0.15, 0.2) is 21.7 Å². The van der Waals surface area contributed by atoms with Crippen molar-refractivity contribution in [3.8, 4) is 0 Å². The van der Waals surface area contributed by atoms with Gasteiger partial charge in [0.25, 0.3) is 0 Å². The van der Waals surface area contributed by atoms with Crippen LogP contribution in [-0.4, -0.2) is 5.71 Å². The fourth-order valence-electron chi connectivity index (χ4n) is 0.869. The van der Waals surface area contributed by atoms with Gasteiger partial charge in [0.2, 0.25) is 0 Å². The molecule has 0 aromatic heterocycles. The lowest BCUT2D eigenvalue weighted by molar-refractivity contribution is 0.577. The largest absolute Gasteiger partial charge is 0.323 e. The van der Waals surface area contributed by atoms with Gasteiger partial charge in [-0.1, -0.05) is 0 Å². The minimum Gasteiger partial charge on any atom is -0.323 e. The van der Waals surface area contributed by atoms with Gasteiger partial charge in [-0.3, -0.25) is 0 Å². The molecule has 2 N–H and O–H groups in total. The molecule has 1 rings (SSSR count). The van der Waals surface area contributed by atoms with Gasteiger partial charge in [-0.25, -0.2) is 8.78 Å². The molecule has 0 aliphatic carbocycles. The Kier molecular flexibility index (Phi) is 2.98. The van der Waals surface area contributed by atoms with E-state index in [0.717, 1.165) is 6.07 Å². The first-order valence-electron chi connectivity index (χ1n) is 3.45. The van der Waals surface area contributed by atoms with Gasteiger partial charge in [0.1, 0.15) is 11.6 Å². The van der Waals surface area contributed by atoms with Gasteiger partial charge in [0, 0.05) is 11.6 Å². The van der Waals surface area contributed by atoms with Crippen molar-refractivity contribution in [2.75, 3.05) is 0 Å². The van der Waals surface area contributed by atoms with Gasteiger partial charge in [-0.15, -0.1) is 0 Å². The third-order valence-corrected chi connectivity index (χ3v) is 2.20. The van der Waals surface area contributed by atoms with Crippen LogP contribution >= 0.6 is 15.9 Å². The highest BCUT2D eigenvalue weighted by Gasteiger charge is 2.09. The number of benzene rings is 1. The zero-order valence-electron chi connectivity index (χ0n) is 6.81. The second-order valence-corrected chi connectivity index (χ2v) is 3.32. The highest BCUT2D eigenvalue weighted by atomic mass is 79.9. The lowest BCUT2D eigenvalue weighted by Gasteiger charge is -2.02. The van der Waals surface area contributed by atoms with E-state index in [1.54, 1.807) is 6.92 Å². The Morgan fingerprint density at radius 2 is 2.00 bits per heavy atom. The molecule has 5 heteroatoms. The Bertz CT molecular complexity index is 363. The molecule has 0 unspecified atom stereocenters. The number of nitrogens with zero attached hydrogens (tertiary/aromatic N) is 1. The number of halogens is 3. The van der Waals surface area contributed by atoms with E-state index >= 15 is 0 Å². The quantitative estimate of drug-likeness (QED) is 0.353. The highest BCUT2D eigenvalue weighted by molar-refractivity contribution is 9.10. The Hall–Kier alpha value is -0.970. The summed E-state index contributed by atoms with van der Waals surface area (Å²) >= 11 is 2.94. The van der Waals surface area contributed by atoms with Crippen molar-refractivity contribution in [1.82, 2.24) is 0 Å². The van der Waals surface area contributed by atoms with Crippen molar-refractivity contribution in [2.45, 2.75) is 6.92 Å². The van der Waals surface area contributed by atoms with Crippen LogP contribution in [0, 0.1) is 11.6 Å². The van der Waals surface area contributed by atoms with Gasteiger partial charge in [0.05, 0.1) is 10.2 Å². The van der Waals surface area contributed by atoms with Gasteiger partial charge >= 0.3 is 0 Å². The zero-order chi connectivity index (χ0) is 10.0. The molecule has 0 saturated carbocycles. The van der Waals surface area contributed by atoms with Crippen molar-refractivity contribution < 1.29 is 8.78 Å². The molecular weight excluding hydrogens is 242 g/mol. The van der Waals surface area contributed by atoms with Gasteiger partial charge in [0.15, 0.2) is 0 Å². The van der Waals surface area contributed by atoms with Crippen molar-refractivity contribution in [3.63, 3.8) is 0 Å². The molecule has 0 aliphatic rings. The molecule has 0 fully saturated rings. The third kappa shape index (κ3) is 2.03. The molecule has 0 heterocycles. The van der Waals surface area contributed by atoms with Crippen LogP contribution in [0.2, 0.25) is 0 Å². The summed E-state index contributed by atoms with van der Waals surface area (Å²) in [6, 6.07) is 2.09. The van der Waals surface area contributed by atoms with E-state index in [0.29, 0.717) is 5.71 Å². The molecule has 13 heavy (non-hydrogen) atoms. The minimum atomic E-state index is -0.674. The average Bonchev–Trinajstić information content (AvgIpc) is 2.10. The molecule has 70 valence electrons. The smallest absolute Gasteiger partial charge is 0.140 e. The molecule has 0 aliphatic heterocycles. The van der Waals surface area contributed by atoms with Crippen LogP contribution < -0.4 is 5.84 Å². The Morgan fingerprint density at radius 1 is 1.38 bits per heavy atom. The third-order valence-electron chi connectivity index (χ3n) is 1.59. The topological polar surface area (TPSA) is 38.4 Å². The molecule has 0 atom stereocenters. The van der Waals surface area contributed by atoms with Gasteiger partial charge < -0.3 is 5.84 Å². The van der Waals surface area contributed by atoms with Gasteiger partial charge in [-0.05, 0) is 28.9 Å². The highest BCUT2D eigenvalue weighted by Crippen LogP contribution is 2.20. The summed E-state index contributed by atoms with van der Waals surface area (Å²) in [4.78, 5) is 0. The Balaban J connectivity index is 3.32. The molecule has 0 bridgehead atoms. The molecule has 0 spiro atoms. The first-order chi connectivity index (χ1) is 6.06. The van der Waals surface area contributed by atoms with Crippen molar-refractivity contribution in [1.29, 1.82) is 0 Å². The number of rotatable bonds is 1. The number of hydrazone groups is 1. The van der Waals surface area contributed by atoms with Gasteiger partial charge in [-0.2, -0.15) is 5.10 Å². The Morgan fingerprint density at radius 3 is 2.54 bits per heavy atom. The minimum absolute atomic E-state index is 0.187. The maximum atomic E-state index is 13.1. The van der Waals surface area contributed by atoms with Crippen LogP contribution in [0.5, 0.6) is 0 Å². The second-order valence-electron chi connectivity index (χ2n) is 2.46. The Labute approximate surface area is 82.6 Å². The summed E-state index contributed by atoms with van der Waals surface area (Å²) in [7, 11) is 0. The van der Waals surface area contributed by atoms with E-state index in [9.17, 15) is 8.78 Å². The fraction of sp³-hybridized carbons (Fsp3) is 0.125. The van der Waals surface area contributed by atoms with Crippen LogP contribution in [0.1, 0.15) is 12.5 Å². The van der Waals surface area contributed by atoms with E-state index in [2.05, 4.69) is 21.0 Å². The number of hydrogen-bond donors (Lipinski definition) is 1. The van der Waals surface area contributed by atoms with E-state index < -0.39 is 11.6 Å². The zero-order valence-corrected chi connectivity index (χ0v) is 8.40. The van der Waals surface area contributed by atoms with Crippen LogP contribution in [0.25, 0.3) is 0 Å². The molecule has 0 amide bonds. The van der Waals surface area contributed by atoms with E-state index in [-0.39, 0.29) is 10.0 Å². The van der Waals surface area contributed by atoms with Crippen LogP contribution in [0.3, 0.4) is 0 Å². The SMILES string of the molecule is C/C(=N\N)c1cc(Br)c(F)cc1F. The van der Waals surface area contributed by atoms with Crippen molar-refractivity contribution >= 4 is 21.6 Å². The summed E-state index contributed by atoms with van der Waals surface area (Å²) in [6.45, 7) is 1.54. The normalized spacial score (nSPS) is 11.8. The molecule has 0 radical (unpaired) electrons. The maximum absolute atomic E-state index is 13.1. The first-order valence-corrected chi connectivity index (χ1v) is 4.25. The molecule has 1 aromatic carbocycles. The fourth-order valence-corrected chi connectivity index (χ4v) is 1.21. The predicted molar refractivity (Wildman–Crippen MR) is 50.5 cm³/mol. The molecule has 0 saturated heterocycles. The van der Waals surface area contributed by atoms with Crippen molar-refractivity contribution in [2.24, 2.45) is 10.9 Å². The van der Waals surface area contributed by atoms with Crippen LogP contribution in [-0.2, 0) is 0 Å². The van der Waals surface area contributed by atoms with Crippen molar-refractivity contribution in [3.05, 3.63) is 33.8 Å². The average molecular weight is 249 g/mol. The number of nitrogens with two attached hydrogens (primary N) is 1. The predicted octanol–water partition coefficient (Wildman–Crippen LogP) is 2.41. The van der Waals surface area contributed by atoms with E-state index in [4.69, 9.17) is 5.84 Å². The summed E-state index contributed by atoms with van der Waals surface area (Å²) in [6.07, 6.45) is 0. The summed E-state index contributed by atoms with van der Waals surface area (Å²) in [5.74, 6) is 3.65. The first kappa shape index (κ1) is 10.1. The summed E-state index contributed by atoms with van der Waals surface area (Å²) < 4.78 is 26.0. The molecule has 2 nitrogen and oxygen atoms in total. The lowest BCUT2D eigenvalue weighted by atomic mass is 10.1. The molecular formula is C8H7BrF2N2.